The Morgan fingerprint density at radius 2 is 2.09 bits per heavy atom. The summed E-state index contributed by atoms with van der Waals surface area (Å²) >= 11 is -1.93. The van der Waals surface area contributed by atoms with Gasteiger partial charge in [0, 0.05) is 0 Å². The minimum atomic E-state index is -1.93. The van der Waals surface area contributed by atoms with Gasteiger partial charge >= 0.3 is 74.5 Å². The fraction of sp³-hybridized carbons (Fsp3) is 0.250. The molecule has 0 aromatic heterocycles. The van der Waals surface area contributed by atoms with E-state index in [1.807, 2.05) is 0 Å². The summed E-state index contributed by atoms with van der Waals surface area (Å²) in [5, 5.41) is 0. The van der Waals surface area contributed by atoms with Crippen molar-refractivity contribution in [2.24, 2.45) is 9.46 Å². The Hall–Kier alpha value is 0.0101. The molecule has 11 heavy (non-hydrogen) atoms. The third-order valence-corrected chi connectivity index (χ3v) is 9.29. The number of fused-ring (bicyclic) bond motifs is 1. The van der Waals surface area contributed by atoms with Crippen LogP contribution >= 0.6 is 0 Å². The first-order valence-corrected chi connectivity index (χ1v) is 9.33. The maximum absolute atomic E-state index is 6.07. The zero-order chi connectivity index (χ0) is 7.84. The molecule has 0 radical (unpaired) electrons. The number of rotatable bonds is 0. The third-order valence-electron chi connectivity index (χ3n) is 2.33. The van der Waals surface area contributed by atoms with Crippen LogP contribution in [0.4, 0.5) is 0 Å². The minimum absolute atomic E-state index is 0.328. The van der Waals surface area contributed by atoms with Crippen molar-refractivity contribution in [2.45, 2.75) is 10.2 Å². The van der Waals surface area contributed by atoms with E-state index < -0.39 is 21.7 Å². The van der Waals surface area contributed by atoms with E-state index in [2.05, 4.69) is 24.3 Å². The van der Waals surface area contributed by atoms with Gasteiger partial charge in [0.05, 0.1) is 0 Å². The molecule has 1 atom stereocenters. The van der Waals surface area contributed by atoms with E-state index in [1.165, 1.54) is 8.88 Å². The molecule has 1 aromatic carbocycles. The molecule has 1 heterocycles. The molecule has 0 aliphatic carbocycles. The molecule has 0 bridgehead atoms. The molecule has 2 nitrogen and oxygen atoms in total. The maximum atomic E-state index is 6.07. The van der Waals surface area contributed by atoms with Crippen LogP contribution in [0.25, 0.3) is 0 Å². The molecule has 1 aromatic rings. The van der Waals surface area contributed by atoms with Gasteiger partial charge in [-0.3, -0.25) is 0 Å². The molecule has 0 saturated carbocycles. The van der Waals surface area contributed by atoms with Crippen molar-refractivity contribution in [2.75, 3.05) is 0 Å². The summed E-state index contributed by atoms with van der Waals surface area (Å²) in [7, 11) is 0. The molecule has 1 aliphatic rings. The standard InChI is InChI=1S/C8H9N.In.H2N/c9-7-6-8-4-2-1-3-5-8;;/h1-4,7H,6,9H2;;1H2/q;+1;-1. The molecule has 2 rings (SSSR count). The number of hydrogen-bond donors (Lipinski definition) is 2. The van der Waals surface area contributed by atoms with Crippen molar-refractivity contribution in [1.29, 1.82) is 0 Å². The Bertz CT molecular complexity index is 275. The van der Waals surface area contributed by atoms with E-state index in [0.29, 0.717) is 3.80 Å². The monoisotopic (exact) mass is 250 g/mol. The van der Waals surface area contributed by atoms with Gasteiger partial charge in [0.2, 0.25) is 0 Å². The van der Waals surface area contributed by atoms with Gasteiger partial charge in [-0.05, 0) is 0 Å². The van der Waals surface area contributed by atoms with Gasteiger partial charge in [-0.25, -0.2) is 0 Å². The van der Waals surface area contributed by atoms with Gasteiger partial charge in [-0.15, -0.1) is 0 Å². The van der Waals surface area contributed by atoms with Crippen LogP contribution in [0.3, 0.4) is 0 Å². The van der Waals surface area contributed by atoms with Crippen LogP contribution in [0.2, 0.25) is 0 Å². The Balaban J connectivity index is 2.47. The molecule has 1 unspecified atom stereocenters. The Morgan fingerprint density at radius 3 is 2.82 bits per heavy atom. The summed E-state index contributed by atoms with van der Waals surface area (Å²) in [5.41, 5.74) is 7.30. The van der Waals surface area contributed by atoms with Crippen molar-refractivity contribution >= 4 is 25.0 Å². The summed E-state index contributed by atoms with van der Waals surface area (Å²) in [5.74, 6) is 0. The zero-order valence-corrected chi connectivity index (χ0v) is 9.62. The second-order valence-electron chi connectivity index (χ2n) is 3.09. The van der Waals surface area contributed by atoms with Crippen molar-refractivity contribution < 1.29 is 0 Å². The van der Waals surface area contributed by atoms with Crippen molar-refractivity contribution in [1.82, 2.24) is 0 Å². The molecule has 3 heteroatoms. The number of benzene rings is 1. The SMILES string of the molecule is N[CH]1Cc2cccc[c]2[In]1[NH2]. The molecule has 0 amide bonds. The molecule has 0 saturated heterocycles. The summed E-state index contributed by atoms with van der Waals surface area (Å²) in [6.45, 7) is 0. The van der Waals surface area contributed by atoms with Gasteiger partial charge in [-0.2, -0.15) is 0 Å². The van der Waals surface area contributed by atoms with Crippen LogP contribution in [-0.4, -0.2) is 25.5 Å². The second-order valence-corrected chi connectivity index (χ2v) is 10.3. The van der Waals surface area contributed by atoms with Crippen LogP contribution < -0.4 is 12.8 Å². The predicted octanol–water partition coefficient (Wildman–Crippen LogP) is -0.734. The molecule has 0 fully saturated rings. The number of nitrogens with two attached hydrogens (primary N) is 2. The first-order valence-electron chi connectivity index (χ1n) is 3.88. The van der Waals surface area contributed by atoms with Crippen LogP contribution in [0.15, 0.2) is 24.3 Å². The molecule has 0 spiro atoms. The van der Waals surface area contributed by atoms with Gasteiger partial charge < -0.3 is 0 Å². The van der Waals surface area contributed by atoms with Crippen LogP contribution in [0.5, 0.6) is 0 Å². The molecular formula is C8H11InN2. The molecule has 1 aliphatic heterocycles. The van der Waals surface area contributed by atoms with E-state index in [9.17, 15) is 0 Å². The predicted molar refractivity (Wildman–Crippen MR) is 47.7 cm³/mol. The van der Waals surface area contributed by atoms with Crippen molar-refractivity contribution in [3.63, 3.8) is 0 Å². The normalized spacial score (nSPS) is 22.0. The first kappa shape index (κ1) is 7.65. The van der Waals surface area contributed by atoms with E-state index in [1.54, 1.807) is 0 Å². The quantitative estimate of drug-likeness (QED) is 0.637. The van der Waals surface area contributed by atoms with Crippen molar-refractivity contribution in [3.05, 3.63) is 29.8 Å². The Kier molecular flexibility index (Phi) is 1.95. The summed E-state index contributed by atoms with van der Waals surface area (Å²) in [6.07, 6.45) is 1.02. The summed E-state index contributed by atoms with van der Waals surface area (Å²) in [6, 6.07) is 8.44. The van der Waals surface area contributed by atoms with Crippen LogP contribution in [0, 0.1) is 0 Å². The average Bonchev–Trinajstić information content (AvgIpc) is 2.30. The Labute approximate surface area is 74.5 Å². The van der Waals surface area contributed by atoms with Crippen LogP contribution in [0.1, 0.15) is 5.56 Å². The summed E-state index contributed by atoms with van der Waals surface area (Å²) < 4.78 is 7.84. The average molecular weight is 250 g/mol. The third kappa shape index (κ3) is 1.21. The summed E-state index contributed by atoms with van der Waals surface area (Å²) in [4.78, 5) is 0. The van der Waals surface area contributed by atoms with Gasteiger partial charge in [0.1, 0.15) is 0 Å². The Morgan fingerprint density at radius 1 is 1.36 bits per heavy atom. The zero-order valence-electron chi connectivity index (χ0n) is 6.33. The van der Waals surface area contributed by atoms with Gasteiger partial charge in [-0.1, -0.05) is 0 Å². The van der Waals surface area contributed by atoms with E-state index in [0.717, 1.165) is 6.42 Å². The first-order chi connectivity index (χ1) is 5.29. The van der Waals surface area contributed by atoms with E-state index in [4.69, 9.17) is 9.46 Å². The second kappa shape index (κ2) is 2.81. The van der Waals surface area contributed by atoms with E-state index in [-0.39, 0.29) is 0 Å². The fourth-order valence-corrected chi connectivity index (χ4v) is 7.21. The fourth-order valence-electron chi connectivity index (χ4n) is 1.66. The topological polar surface area (TPSA) is 52.0 Å². The molecule has 56 valence electrons. The van der Waals surface area contributed by atoms with Crippen molar-refractivity contribution in [3.8, 4) is 0 Å². The number of hydrogen-bond acceptors (Lipinski definition) is 2. The van der Waals surface area contributed by atoms with Gasteiger partial charge in [0.15, 0.2) is 0 Å². The molecular weight excluding hydrogens is 239 g/mol. The van der Waals surface area contributed by atoms with Gasteiger partial charge in [0.25, 0.3) is 0 Å². The van der Waals surface area contributed by atoms with E-state index >= 15 is 0 Å². The van der Waals surface area contributed by atoms with Crippen LogP contribution in [-0.2, 0) is 6.42 Å². The molecule has 4 N–H and O–H groups in total.